The SMILES string of the molecule is CC(=O)NCn1cc(-c2ccc(N3CCNCC3)cc2)c(=O)o1. The Bertz CT molecular complexity index is 727. The fraction of sp³-hybridized carbons (Fsp3) is 0.375. The van der Waals surface area contributed by atoms with E-state index < -0.39 is 5.63 Å². The van der Waals surface area contributed by atoms with Crippen LogP contribution in [0.4, 0.5) is 5.69 Å². The summed E-state index contributed by atoms with van der Waals surface area (Å²) in [6.07, 6.45) is 1.61. The van der Waals surface area contributed by atoms with E-state index in [0.717, 1.165) is 37.4 Å². The number of benzene rings is 1. The van der Waals surface area contributed by atoms with Crippen molar-refractivity contribution in [3.63, 3.8) is 0 Å². The van der Waals surface area contributed by atoms with Gasteiger partial charge in [-0.2, -0.15) is 4.74 Å². The van der Waals surface area contributed by atoms with Crippen LogP contribution in [-0.2, 0) is 11.5 Å². The number of carbonyl (C=O) groups excluding carboxylic acids is 1. The molecule has 1 amide bonds. The number of anilines is 1. The van der Waals surface area contributed by atoms with Crippen LogP contribution in [0.3, 0.4) is 0 Å². The van der Waals surface area contributed by atoms with E-state index in [1.807, 2.05) is 24.3 Å². The standard InChI is InChI=1S/C16H20N4O3/c1-12(21)18-11-20-10-15(16(22)23-20)13-2-4-14(5-3-13)19-8-6-17-7-9-19/h2-5,10,17H,6-9,11H2,1H3,(H,18,21). The molecule has 3 rings (SSSR count). The smallest absolute Gasteiger partial charge is 0.365 e. The first-order chi connectivity index (χ1) is 11.1. The molecule has 0 bridgehead atoms. The number of hydrogen-bond donors (Lipinski definition) is 2. The van der Waals surface area contributed by atoms with Gasteiger partial charge in [-0.05, 0) is 17.7 Å². The number of nitrogens with zero attached hydrogens (tertiary/aromatic N) is 2. The molecule has 2 aromatic rings. The van der Waals surface area contributed by atoms with Crippen LogP contribution >= 0.6 is 0 Å². The van der Waals surface area contributed by atoms with Crippen LogP contribution in [0.15, 0.2) is 39.8 Å². The van der Waals surface area contributed by atoms with Crippen molar-refractivity contribution in [2.45, 2.75) is 13.6 Å². The van der Waals surface area contributed by atoms with Crippen molar-refractivity contribution in [1.82, 2.24) is 15.4 Å². The Morgan fingerprint density at radius 3 is 2.61 bits per heavy atom. The molecule has 23 heavy (non-hydrogen) atoms. The molecule has 122 valence electrons. The number of piperazine rings is 1. The zero-order valence-electron chi connectivity index (χ0n) is 13.0. The van der Waals surface area contributed by atoms with Gasteiger partial charge >= 0.3 is 5.63 Å². The van der Waals surface area contributed by atoms with E-state index in [-0.39, 0.29) is 12.6 Å². The van der Waals surface area contributed by atoms with Gasteiger partial charge in [0.05, 0.1) is 11.8 Å². The Labute approximate surface area is 133 Å². The van der Waals surface area contributed by atoms with Crippen LogP contribution in [0.25, 0.3) is 11.1 Å². The number of carbonyl (C=O) groups is 1. The first-order valence-corrected chi connectivity index (χ1v) is 7.65. The summed E-state index contributed by atoms with van der Waals surface area (Å²) in [5.74, 6) is -0.178. The van der Waals surface area contributed by atoms with Crippen molar-refractivity contribution < 1.29 is 9.32 Å². The summed E-state index contributed by atoms with van der Waals surface area (Å²) in [5, 5.41) is 5.91. The molecule has 1 aromatic carbocycles. The van der Waals surface area contributed by atoms with Crippen molar-refractivity contribution in [3.05, 3.63) is 40.9 Å². The Kier molecular flexibility index (Phi) is 4.47. The van der Waals surface area contributed by atoms with Gasteiger partial charge in [0.1, 0.15) is 6.67 Å². The van der Waals surface area contributed by atoms with Gasteiger partial charge in [0, 0.05) is 38.8 Å². The van der Waals surface area contributed by atoms with E-state index in [0.29, 0.717) is 5.56 Å². The van der Waals surface area contributed by atoms with Gasteiger partial charge in [0.15, 0.2) is 0 Å². The minimum atomic E-state index is -0.412. The lowest BCUT2D eigenvalue weighted by atomic mass is 10.1. The summed E-state index contributed by atoms with van der Waals surface area (Å²) < 4.78 is 6.42. The van der Waals surface area contributed by atoms with E-state index in [4.69, 9.17) is 4.52 Å². The molecule has 0 saturated carbocycles. The Morgan fingerprint density at radius 1 is 1.26 bits per heavy atom. The Morgan fingerprint density at radius 2 is 1.96 bits per heavy atom. The number of nitrogens with one attached hydrogen (secondary N) is 2. The molecule has 0 radical (unpaired) electrons. The van der Waals surface area contributed by atoms with E-state index >= 15 is 0 Å². The molecule has 7 nitrogen and oxygen atoms in total. The molecule has 1 aliphatic rings. The van der Waals surface area contributed by atoms with E-state index in [1.165, 1.54) is 11.7 Å². The summed E-state index contributed by atoms with van der Waals surface area (Å²) in [5.41, 5.74) is 2.03. The molecular weight excluding hydrogens is 296 g/mol. The average Bonchev–Trinajstić information content (AvgIpc) is 2.95. The maximum Gasteiger partial charge on any atom is 0.365 e. The maximum atomic E-state index is 12.0. The lowest BCUT2D eigenvalue weighted by molar-refractivity contribution is -0.119. The molecule has 7 heteroatoms. The van der Waals surface area contributed by atoms with Gasteiger partial charge in [0.2, 0.25) is 5.91 Å². The van der Waals surface area contributed by atoms with Gasteiger partial charge in [0.25, 0.3) is 0 Å². The van der Waals surface area contributed by atoms with Gasteiger partial charge < -0.3 is 20.1 Å². The van der Waals surface area contributed by atoms with E-state index in [9.17, 15) is 9.59 Å². The molecule has 1 aliphatic heterocycles. The van der Waals surface area contributed by atoms with Crippen LogP contribution in [0.2, 0.25) is 0 Å². The van der Waals surface area contributed by atoms with Crippen molar-refractivity contribution in [2.24, 2.45) is 0 Å². The second kappa shape index (κ2) is 6.70. The van der Waals surface area contributed by atoms with Gasteiger partial charge in [-0.15, -0.1) is 0 Å². The van der Waals surface area contributed by atoms with Crippen LogP contribution in [0.5, 0.6) is 0 Å². The number of amides is 1. The van der Waals surface area contributed by atoms with Crippen molar-refractivity contribution in [1.29, 1.82) is 0 Å². The number of rotatable bonds is 4. The normalized spacial score (nSPS) is 14.7. The zero-order valence-corrected chi connectivity index (χ0v) is 13.0. The molecule has 1 fully saturated rings. The quantitative estimate of drug-likeness (QED) is 0.864. The minimum absolute atomic E-state index is 0.142. The average molecular weight is 316 g/mol. The topological polar surface area (TPSA) is 79.5 Å². The second-order valence-corrected chi connectivity index (χ2v) is 5.51. The monoisotopic (exact) mass is 316 g/mol. The van der Waals surface area contributed by atoms with E-state index in [1.54, 1.807) is 6.20 Å². The third kappa shape index (κ3) is 3.62. The minimum Gasteiger partial charge on any atom is -0.369 e. The van der Waals surface area contributed by atoms with Crippen LogP contribution < -0.4 is 21.2 Å². The number of aromatic nitrogens is 1. The van der Waals surface area contributed by atoms with Crippen LogP contribution in [-0.4, -0.2) is 36.8 Å². The fourth-order valence-electron chi connectivity index (χ4n) is 2.61. The summed E-state index contributed by atoms with van der Waals surface area (Å²) in [4.78, 5) is 25.2. The van der Waals surface area contributed by atoms with Crippen LogP contribution in [0.1, 0.15) is 6.92 Å². The Balaban J connectivity index is 1.76. The largest absolute Gasteiger partial charge is 0.369 e. The molecule has 2 N–H and O–H groups in total. The van der Waals surface area contributed by atoms with Crippen molar-refractivity contribution >= 4 is 11.6 Å². The molecule has 1 saturated heterocycles. The molecule has 1 aromatic heterocycles. The van der Waals surface area contributed by atoms with Gasteiger partial charge in [-0.25, -0.2) is 4.79 Å². The highest BCUT2D eigenvalue weighted by Gasteiger charge is 2.12. The van der Waals surface area contributed by atoms with Crippen molar-refractivity contribution in [3.8, 4) is 11.1 Å². The first-order valence-electron chi connectivity index (χ1n) is 7.65. The lowest BCUT2D eigenvalue weighted by Gasteiger charge is -2.29. The zero-order chi connectivity index (χ0) is 16.2. The Hall–Kier alpha value is -2.54. The van der Waals surface area contributed by atoms with Gasteiger partial charge in [-0.3, -0.25) is 4.79 Å². The number of hydrogen-bond acceptors (Lipinski definition) is 5. The molecular formula is C16H20N4O3. The third-order valence-corrected chi connectivity index (χ3v) is 3.84. The predicted molar refractivity (Wildman–Crippen MR) is 87.3 cm³/mol. The summed E-state index contributed by atoms with van der Waals surface area (Å²) in [6.45, 7) is 5.48. The second-order valence-electron chi connectivity index (χ2n) is 5.51. The highest BCUT2D eigenvalue weighted by molar-refractivity contribution is 5.72. The van der Waals surface area contributed by atoms with Crippen molar-refractivity contribution in [2.75, 3.05) is 31.1 Å². The third-order valence-electron chi connectivity index (χ3n) is 3.84. The molecule has 0 atom stereocenters. The lowest BCUT2D eigenvalue weighted by Crippen LogP contribution is -2.43. The first kappa shape index (κ1) is 15.4. The van der Waals surface area contributed by atoms with Gasteiger partial charge in [-0.1, -0.05) is 12.1 Å². The maximum absolute atomic E-state index is 12.0. The van der Waals surface area contributed by atoms with Crippen LogP contribution in [0, 0.1) is 0 Å². The molecule has 0 unspecified atom stereocenters. The molecule has 2 heterocycles. The summed E-state index contributed by atoms with van der Waals surface area (Å²) >= 11 is 0. The predicted octanol–water partition coefficient (Wildman–Crippen LogP) is 0.611. The molecule has 0 spiro atoms. The highest BCUT2D eigenvalue weighted by Crippen LogP contribution is 2.21. The summed E-state index contributed by atoms with van der Waals surface area (Å²) in [6, 6.07) is 7.88. The van der Waals surface area contributed by atoms with E-state index in [2.05, 4.69) is 15.5 Å². The summed E-state index contributed by atoms with van der Waals surface area (Å²) in [7, 11) is 0. The highest BCUT2D eigenvalue weighted by atomic mass is 16.5. The fourth-order valence-corrected chi connectivity index (χ4v) is 2.61. The molecule has 0 aliphatic carbocycles.